The summed E-state index contributed by atoms with van der Waals surface area (Å²) in [5.74, 6) is 0.444. The second-order valence-electron chi connectivity index (χ2n) is 7.50. The van der Waals surface area contributed by atoms with Gasteiger partial charge in [-0.3, -0.25) is 14.5 Å². The SMILES string of the molecule is CC(C(=O)NC(c1ccccc1)c1ccccc1)N(C)Cc1nc2ccsc2c(=O)[nH]1. The summed E-state index contributed by atoms with van der Waals surface area (Å²) >= 11 is 1.37. The van der Waals surface area contributed by atoms with Crippen molar-refractivity contribution in [3.8, 4) is 0 Å². The molecular weight excluding hydrogens is 408 g/mol. The summed E-state index contributed by atoms with van der Waals surface area (Å²) in [6, 6.07) is 21.0. The fraction of sp³-hybridized carbons (Fsp3) is 0.208. The van der Waals surface area contributed by atoms with Gasteiger partial charge in [0.05, 0.1) is 24.1 Å². The number of carbonyl (C=O) groups excluding carboxylic acids is 1. The monoisotopic (exact) mass is 432 g/mol. The molecule has 0 aliphatic rings. The molecule has 0 radical (unpaired) electrons. The Balaban J connectivity index is 1.50. The molecule has 4 aromatic rings. The smallest absolute Gasteiger partial charge is 0.268 e. The Morgan fingerprint density at radius 3 is 2.29 bits per heavy atom. The van der Waals surface area contributed by atoms with Gasteiger partial charge >= 0.3 is 0 Å². The van der Waals surface area contributed by atoms with E-state index < -0.39 is 6.04 Å². The molecule has 158 valence electrons. The lowest BCUT2D eigenvalue weighted by atomic mass is 9.98. The molecule has 0 fully saturated rings. The molecule has 31 heavy (non-hydrogen) atoms. The number of likely N-dealkylation sites (N-methyl/N-ethyl adjacent to an activating group) is 1. The summed E-state index contributed by atoms with van der Waals surface area (Å²) in [7, 11) is 1.85. The van der Waals surface area contributed by atoms with Crippen LogP contribution in [0.1, 0.15) is 29.9 Å². The van der Waals surface area contributed by atoms with E-state index in [2.05, 4.69) is 15.3 Å². The molecule has 0 aliphatic carbocycles. The van der Waals surface area contributed by atoms with Gasteiger partial charge in [-0.2, -0.15) is 0 Å². The maximum atomic E-state index is 13.1. The van der Waals surface area contributed by atoms with Crippen LogP contribution in [0.15, 0.2) is 76.9 Å². The molecule has 1 unspecified atom stereocenters. The van der Waals surface area contributed by atoms with Crippen LogP contribution in [0.5, 0.6) is 0 Å². The van der Waals surface area contributed by atoms with Gasteiger partial charge in [-0.05, 0) is 36.5 Å². The number of hydrogen-bond donors (Lipinski definition) is 2. The van der Waals surface area contributed by atoms with Crippen molar-refractivity contribution in [1.29, 1.82) is 0 Å². The highest BCUT2D eigenvalue weighted by Gasteiger charge is 2.23. The lowest BCUT2D eigenvalue weighted by molar-refractivity contribution is -0.126. The van der Waals surface area contributed by atoms with Crippen LogP contribution in [-0.2, 0) is 11.3 Å². The van der Waals surface area contributed by atoms with E-state index in [4.69, 9.17) is 0 Å². The molecule has 0 saturated carbocycles. The van der Waals surface area contributed by atoms with Crippen molar-refractivity contribution < 1.29 is 4.79 Å². The lowest BCUT2D eigenvalue weighted by Gasteiger charge is -2.27. The first kappa shape index (κ1) is 21.0. The van der Waals surface area contributed by atoms with Crippen molar-refractivity contribution in [2.45, 2.75) is 25.6 Å². The third-order valence-corrected chi connectivity index (χ3v) is 6.26. The topological polar surface area (TPSA) is 78.1 Å². The summed E-state index contributed by atoms with van der Waals surface area (Å²) < 4.78 is 0.616. The summed E-state index contributed by atoms with van der Waals surface area (Å²) in [6.07, 6.45) is 0. The Kier molecular flexibility index (Phi) is 6.25. The first-order valence-electron chi connectivity index (χ1n) is 10.1. The van der Waals surface area contributed by atoms with Gasteiger partial charge in [-0.15, -0.1) is 11.3 Å². The molecule has 2 N–H and O–H groups in total. The quantitative estimate of drug-likeness (QED) is 0.467. The number of fused-ring (bicyclic) bond motifs is 1. The standard InChI is InChI=1S/C24H24N4O2S/c1-16(28(2)15-20-25-19-13-14-31-22(19)24(30)26-20)23(29)27-21(17-9-5-3-6-10-17)18-11-7-4-8-12-18/h3-14,16,21H,15H2,1-2H3,(H,27,29)(H,25,26,30). The van der Waals surface area contributed by atoms with Gasteiger partial charge in [0, 0.05) is 0 Å². The van der Waals surface area contributed by atoms with E-state index in [-0.39, 0.29) is 17.5 Å². The van der Waals surface area contributed by atoms with Crippen LogP contribution >= 0.6 is 11.3 Å². The van der Waals surface area contributed by atoms with Gasteiger partial charge in [-0.1, -0.05) is 60.7 Å². The first-order chi connectivity index (χ1) is 15.0. The Morgan fingerprint density at radius 2 is 1.68 bits per heavy atom. The van der Waals surface area contributed by atoms with Crippen LogP contribution in [0.25, 0.3) is 10.2 Å². The van der Waals surface area contributed by atoms with Crippen LogP contribution in [0, 0.1) is 0 Å². The third-order valence-electron chi connectivity index (χ3n) is 5.36. The molecule has 0 aliphatic heterocycles. The number of hydrogen-bond acceptors (Lipinski definition) is 5. The second-order valence-corrected chi connectivity index (χ2v) is 8.42. The number of nitrogens with one attached hydrogen (secondary N) is 2. The number of thiophene rings is 1. The van der Waals surface area contributed by atoms with Gasteiger partial charge in [0.1, 0.15) is 10.5 Å². The van der Waals surface area contributed by atoms with E-state index in [1.54, 1.807) is 0 Å². The van der Waals surface area contributed by atoms with Gasteiger partial charge in [-0.25, -0.2) is 4.98 Å². The Labute approximate surface area is 184 Å². The molecule has 7 heteroatoms. The molecule has 0 saturated heterocycles. The van der Waals surface area contributed by atoms with Crippen molar-refractivity contribution in [3.05, 3.63) is 99.4 Å². The zero-order valence-corrected chi connectivity index (χ0v) is 18.2. The number of rotatable bonds is 7. The normalized spacial score (nSPS) is 12.4. The number of aromatic amines is 1. The third kappa shape index (κ3) is 4.73. The molecule has 6 nitrogen and oxygen atoms in total. The maximum absolute atomic E-state index is 13.1. The van der Waals surface area contributed by atoms with Gasteiger partial charge < -0.3 is 10.3 Å². The highest BCUT2D eigenvalue weighted by Crippen LogP contribution is 2.22. The zero-order valence-electron chi connectivity index (χ0n) is 17.4. The van der Waals surface area contributed by atoms with Crippen molar-refractivity contribution in [1.82, 2.24) is 20.2 Å². The van der Waals surface area contributed by atoms with Crippen LogP contribution in [0.2, 0.25) is 0 Å². The maximum Gasteiger partial charge on any atom is 0.268 e. The van der Waals surface area contributed by atoms with Crippen LogP contribution in [0.3, 0.4) is 0 Å². The molecule has 0 bridgehead atoms. The summed E-state index contributed by atoms with van der Waals surface area (Å²) in [4.78, 5) is 34.6. The van der Waals surface area contributed by atoms with Gasteiger partial charge in [0.15, 0.2) is 0 Å². The van der Waals surface area contributed by atoms with E-state index in [0.717, 1.165) is 11.1 Å². The average Bonchev–Trinajstić information content (AvgIpc) is 3.27. The highest BCUT2D eigenvalue weighted by atomic mass is 32.1. The molecular formula is C24H24N4O2S. The van der Waals surface area contributed by atoms with Gasteiger partial charge in [0.2, 0.25) is 5.91 Å². The molecule has 0 spiro atoms. The second kappa shape index (κ2) is 9.24. The van der Waals surface area contributed by atoms with Crippen LogP contribution in [0.4, 0.5) is 0 Å². The van der Waals surface area contributed by atoms with Crippen LogP contribution < -0.4 is 10.9 Å². The fourth-order valence-electron chi connectivity index (χ4n) is 3.48. The molecule has 1 amide bonds. The van der Waals surface area contributed by atoms with E-state index in [0.29, 0.717) is 22.6 Å². The summed E-state index contributed by atoms with van der Waals surface area (Å²) in [5, 5.41) is 5.03. The number of amides is 1. The number of carbonyl (C=O) groups is 1. The number of aromatic nitrogens is 2. The average molecular weight is 433 g/mol. The number of H-pyrrole nitrogens is 1. The summed E-state index contributed by atoms with van der Waals surface area (Å²) in [6.45, 7) is 2.21. The minimum Gasteiger partial charge on any atom is -0.344 e. The Morgan fingerprint density at radius 1 is 1.06 bits per heavy atom. The van der Waals surface area contributed by atoms with Crippen molar-refractivity contribution >= 4 is 27.5 Å². The predicted molar refractivity (Wildman–Crippen MR) is 124 cm³/mol. The predicted octanol–water partition coefficient (Wildman–Crippen LogP) is 3.71. The van der Waals surface area contributed by atoms with Crippen molar-refractivity contribution in [2.24, 2.45) is 0 Å². The molecule has 2 aromatic carbocycles. The van der Waals surface area contributed by atoms with E-state index in [1.165, 1.54) is 11.3 Å². The van der Waals surface area contributed by atoms with Crippen molar-refractivity contribution in [3.63, 3.8) is 0 Å². The minimum absolute atomic E-state index is 0.0980. The van der Waals surface area contributed by atoms with E-state index >= 15 is 0 Å². The minimum atomic E-state index is -0.418. The molecule has 2 aromatic heterocycles. The van der Waals surface area contributed by atoms with Gasteiger partial charge in [0.25, 0.3) is 5.56 Å². The molecule has 2 heterocycles. The van der Waals surface area contributed by atoms with E-state index in [9.17, 15) is 9.59 Å². The Bertz CT molecular complexity index is 1180. The number of nitrogens with zero attached hydrogens (tertiary/aromatic N) is 2. The lowest BCUT2D eigenvalue weighted by Crippen LogP contribution is -2.44. The van der Waals surface area contributed by atoms with Crippen molar-refractivity contribution in [2.75, 3.05) is 7.05 Å². The summed E-state index contributed by atoms with van der Waals surface area (Å²) in [5.41, 5.74) is 2.58. The number of benzene rings is 2. The van der Waals surface area contributed by atoms with Crippen LogP contribution in [-0.4, -0.2) is 33.9 Å². The molecule has 1 atom stereocenters. The fourth-order valence-corrected chi connectivity index (χ4v) is 4.21. The first-order valence-corrected chi connectivity index (χ1v) is 11.0. The van der Waals surface area contributed by atoms with E-state index in [1.807, 2.05) is 91.0 Å². The highest BCUT2D eigenvalue weighted by molar-refractivity contribution is 7.17. The largest absolute Gasteiger partial charge is 0.344 e. The zero-order chi connectivity index (χ0) is 21.8. The Hall–Kier alpha value is -3.29. The molecule has 4 rings (SSSR count).